The van der Waals surface area contributed by atoms with Crippen LogP contribution < -0.4 is 5.73 Å². The highest BCUT2D eigenvalue weighted by Crippen LogP contribution is 2.21. The lowest BCUT2D eigenvalue weighted by atomic mass is 10.1. The molecule has 3 aromatic rings. The summed E-state index contributed by atoms with van der Waals surface area (Å²) in [5, 5.41) is 0.892. The van der Waals surface area contributed by atoms with Crippen molar-refractivity contribution in [2.24, 2.45) is 5.73 Å². The van der Waals surface area contributed by atoms with Crippen molar-refractivity contribution in [3.8, 4) is 11.3 Å². The number of hydrogen-bond acceptors (Lipinski definition) is 3. The Morgan fingerprint density at radius 3 is 2.63 bits per heavy atom. The highest BCUT2D eigenvalue weighted by Gasteiger charge is 2.03. The fourth-order valence-corrected chi connectivity index (χ4v) is 1.95. The van der Waals surface area contributed by atoms with E-state index in [0.717, 1.165) is 22.2 Å². The van der Waals surface area contributed by atoms with E-state index in [1.165, 1.54) is 12.1 Å². The smallest absolute Gasteiger partial charge is 0.125 e. The van der Waals surface area contributed by atoms with Gasteiger partial charge in [0.2, 0.25) is 0 Å². The highest BCUT2D eigenvalue weighted by atomic mass is 19.1. The van der Waals surface area contributed by atoms with Crippen molar-refractivity contribution in [1.29, 1.82) is 0 Å². The molecule has 2 heterocycles. The summed E-state index contributed by atoms with van der Waals surface area (Å²) in [6.07, 6.45) is 3.45. The van der Waals surface area contributed by atoms with E-state index in [9.17, 15) is 4.39 Å². The molecular weight excluding hydrogens is 241 g/mol. The number of benzene rings is 1. The van der Waals surface area contributed by atoms with Gasteiger partial charge >= 0.3 is 0 Å². The Hall–Kier alpha value is -2.33. The summed E-state index contributed by atoms with van der Waals surface area (Å²) in [5.74, 6) is -0.279. The topological polar surface area (TPSA) is 51.8 Å². The van der Waals surface area contributed by atoms with Gasteiger partial charge < -0.3 is 5.73 Å². The van der Waals surface area contributed by atoms with Gasteiger partial charge in [-0.15, -0.1) is 0 Å². The number of nitrogens with zero attached hydrogens (tertiary/aromatic N) is 2. The average molecular weight is 253 g/mol. The monoisotopic (exact) mass is 253 g/mol. The molecular formula is C15H12FN3. The van der Waals surface area contributed by atoms with Gasteiger partial charge in [0.1, 0.15) is 5.82 Å². The van der Waals surface area contributed by atoms with Crippen LogP contribution in [-0.4, -0.2) is 9.97 Å². The van der Waals surface area contributed by atoms with E-state index in [0.29, 0.717) is 12.1 Å². The highest BCUT2D eigenvalue weighted by molar-refractivity contribution is 5.82. The van der Waals surface area contributed by atoms with Crippen molar-refractivity contribution in [3.63, 3.8) is 0 Å². The normalized spacial score (nSPS) is 10.8. The Kier molecular flexibility index (Phi) is 2.93. The largest absolute Gasteiger partial charge is 0.326 e. The number of aromatic nitrogens is 2. The zero-order chi connectivity index (χ0) is 13.2. The summed E-state index contributed by atoms with van der Waals surface area (Å²) in [4.78, 5) is 8.61. The zero-order valence-electron chi connectivity index (χ0n) is 10.2. The minimum absolute atomic E-state index is 0.279. The molecule has 0 radical (unpaired) electrons. The summed E-state index contributed by atoms with van der Waals surface area (Å²) >= 11 is 0. The van der Waals surface area contributed by atoms with Gasteiger partial charge in [-0.25, -0.2) is 4.39 Å². The van der Waals surface area contributed by atoms with Gasteiger partial charge in [0.15, 0.2) is 0 Å². The predicted molar refractivity (Wildman–Crippen MR) is 72.8 cm³/mol. The summed E-state index contributed by atoms with van der Waals surface area (Å²) in [6.45, 7) is 0.475. The number of halogens is 1. The summed E-state index contributed by atoms with van der Waals surface area (Å²) in [5.41, 5.74) is 8.90. The lowest BCUT2D eigenvalue weighted by molar-refractivity contribution is 0.629. The molecule has 19 heavy (non-hydrogen) atoms. The fourth-order valence-electron chi connectivity index (χ4n) is 1.95. The van der Waals surface area contributed by atoms with Crippen LogP contribution >= 0.6 is 0 Å². The van der Waals surface area contributed by atoms with Gasteiger partial charge in [-0.3, -0.25) is 9.97 Å². The van der Waals surface area contributed by atoms with E-state index in [-0.39, 0.29) is 5.82 Å². The Morgan fingerprint density at radius 1 is 1.00 bits per heavy atom. The number of nitrogens with two attached hydrogens (primary N) is 1. The molecule has 4 heteroatoms. The van der Waals surface area contributed by atoms with Crippen molar-refractivity contribution >= 4 is 10.9 Å². The van der Waals surface area contributed by atoms with Crippen molar-refractivity contribution < 1.29 is 4.39 Å². The molecule has 0 amide bonds. The van der Waals surface area contributed by atoms with Crippen LogP contribution in [0.15, 0.2) is 48.8 Å². The van der Waals surface area contributed by atoms with Crippen LogP contribution in [0.25, 0.3) is 22.2 Å². The third kappa shape index (κ3) is 2.30. The predicted octanol–water partition coefficient (Wildman–Crippen LogP) is 2.89. The van der Waals surface area contributed by atoms with Gasteiger partial charge in [0, 0.05) is 36.0 Å². The molecule has 0 saturated heterocycles. The molecule has 0 saturated carbocycles. The molecule has 0 bridgehead atoms. The first-order valence-electron chi connectivity index (χ1n) is 5.97. The van der Waals surface area contributed by atoms with E-state index in [1.807, 2.05) is 18.2 Å². The van der Waals surface area contributed by atoms with Crippen LogP contribution in [0.4, 0.5) is 4.39 Å². The average Bonchev–Trinajstić information content (AvgIpc) is 2.47. The minimum atomic E-state index is -0.279. The van der Waals surface area contributed by atoms with E-state index < -0.39 is 0 Å². The number of pyridine rings is 2. The summed E-state index contributed by atoms with van der Waals surface area (Å²) in [7, 11) is 0. The molecule has 0 spiro atoms. The SMILES string of the molecule is NCc1ccc(-c2cnc3cc(F)ccc3c2)nc1. The maximum atomic E-state index is 13.1. The lowest BCUT2D eigenvalue weighted by Gasteiger charge is -2.04. The summed E-state index contributed by atoms with van der Waals surface area (Å²) in [6, 6.07) is 10.4. The summed E-state index contributed by atoms with van der Waals surface area (Å²) < 4.78 is 13.1. The third-order valence-corrected chi connectivity index (χ3v) is 3.00. The molecule has 3 rings (SSSR count). The number of hydrogen-bond donors (Lipinski definition) is 1. The Labute approximate surface area is 109 Å². The maximum absolute atomic E-state index is 13.1. The van der Waals surface area contributed by atoms with Gasteiger partial charge in [-0.1, -0.05) is 6.07 Å². The van der Waals surface area contributed by atoms with Crippen LogP contribution in [0, 0.1) is 5.82 Å². The van der Waals surface area contributed by atoms with Gasteiger partial charge in [-0.2, -0.15) is 0 Å². The Bertz CT molecular complexity index is 723. The van der Waals surface area contributed by atoms with Crippen LogP contribution in [0.2, 0.25) is 0 Å². The van der Waals surface area contributed by atoms with E-state index >= 15 is 0 Å². The standard InChI is InChI=1S/C15H12FN3/c16-13-3-2-11-5-12(9-19-15(11)6-13)14-4-1-10(7-17)8-18-14/h1-6,8-9H,7,17H2. The number of fused-ring (bicyclic) bond motifs is 1. The molecule has 0 fully saturated rings. The van der Waals surface area contributed by atoms with Crippen molar-refractivity contribution in [3.05, 3.63) is 60.2 Å². The molecule has 0 aliphatic carbocycles. The molecule has 2 aromatic heterocycles. The Morgan fingerprint density at radius 2 is 1.89 bits per heavy atom. The number of rotatable bonds is 2. The van der Waals surface area contributed by atoms with Crippen LogP contribution in [0.1, 0.15) is 5.56 Å². The molecule has 0 unspecified atom stereocenters. The first-order chi connectivity index (χ1) is 9.26. The van der Waals surface area contributed by atoms with Gasteiger partial charge in [0.25, 0.3) is 0 Å². The van der Waals surface area contributed by atoms with Crippen molar-refractivity contribution in [2.75, 3.05) is 0 Å². The molecule has 2 N–H and O–H groups in total. The van der Waals surface area contributed by atoms with Crippen LogP contribution in [0.5, 0.6) is 0 Å². The van der Waals surface area contributed by atoms with Crippen LogP contribution in [-0.2, 0) is 6.54 Å². The second-order valence-corrected chi connectivity index (χ2v) is 4.32. The Balaban J connectivity index is 2.06. The van der Waals surface area contributed by atoms with E-state index in [1.54, 1.807) is 18.5 Å². The second-order valence-electron chi connectivity index (χ2n) is 4.32. The first-order valence-corrected chi connectivity index (χ1v) is 5.97. The molecule has 0 aliphatic heterocycles. The van der Waals surface area contributed by atoms with Gasteiger partial charge in [0.05, 0.1) is 11.2 Å². The van der Waals surface area contributed by atoms with E-state index in [4.69, 9.17) is 5.73 Å². The lowest BCUT2D eigenvalue weighted by Crippen LogP contribution is -1.97. The second kappa shape index (κ2) is 4.74. The van der Waals surface area contributed by atoms with Crippen molar-refractivity contribution in [2.45, 2.75) is 6.54 Å². The van der Waals surface area contributed by atoms with Crippen molar-refractivity contribution in [1.82, 2.24) is 9.97 Å². The van der Waals surface area contributed by atoms with E-state index in [2.05, 4.69) is 9.97 Å². The molecule has 0 aliphatic rings. The molecule has 94 valence electrons. The zero-order valence-corrected chi connectivity index (χ0v) is 10.2. The molecule has 1 aromatic carbocycles. The van der Waals surface area contributed by atoms with Gasteiger partial charge in [-0.05, 0) is 29.8 Å². The molecule has 3 nitrogen and oxygen atoms in total. The first kappa shape index (κ1) is 11.7. The van der Waals surface area contributed by atoms with Crippen LogP contribution in [0.3, 0.4) is 0 Å². The third-order valence-electron chi connectivity index (χ3n) is 3.00. The quantitative estimate of drug-likeness (QED) is 0.764. The maximum Gasteiger partial charge on any atom is 0.125 e. The fraction of sp³-hybridized carbons (Fsp3) is 0.0667. The molecule has 0 atom stereocenters. The minimum Gasteiger partial charge on any atom is -0.326 e.